The van der Waals surface area contributed by atoms with E-state index in [0.29, 0.717) is 11.5 Å². The Morgan fingerprint density at radius 2 is 1.95 bits per heavy atom. The summed E-state index contributed by atoms with van der Waals surface area (Å²) in [5, 5.41) is 7.42. The molecule has 0 aliphatic carbocycles. The van der Waals surface area contributed by atoms with Gasteiger partial charge in [0.15, 0.2) is 11.5 Å². The van der Waals surface area contributed by atoms with Gasteiger partial charge in [-0.3, -0.25) is 0 Å². The summed E-state index contributed by atoms with van der Waals surface area (Å²) in [7, 11) is 0. The van der Waals surface area contributed by atoms with Gasteiger partial charge in [0.25, 0.3) is 0 Å². The predicted octanol–water partition coefficient (Wildman–Crippen LogP) is 2.22. The average molecular weight is 270 g/mol. The molecule has 4 nitrogen and oxygen atoms in total. The summed E-state index contributed by atoms with van der Waals surface area (Å²) in [6, 6.07) is 2.40. The summed E-state index contributed by atoms with van der Waals surface area (Å²) in [6.45, 7) is 1.79. The lowest BCUT2D eigenvalue weighted by Gasteiger charge is -2.19. The monoisotopic (exact) mass is 270 g/mol. The molecule has 0 saturated carbocycles. The van der Waals surface area contributed by atoms with Crippen molar-refractivity contribution in [1.29, 1.82) is 0 Å². The van der Waals surface area contributed by atoms with Crippen LogP contribution in [0.2, 0.25) is 0 Å². The molecule has 0 atom stereocenters. The van der Waals surface area contributed by atoms with Crippen molar-refractivity contribution >= 4 is 5.65 Å². The summed E-state index contributed by atoms with van der Waals surface area (Å²) in [4.78, 5) is 4.32. The molecular weight excluding hydrogens is 257 g/mol. The number of hydrogen-bond donors (Lipinski definition) is 1. The van der Waals surface area contributed by atoms with E-state index in [9.17, 15) is 13.2 Å². The lowest BCUT2D eigenvalue weighted by Crippen LogP contribution is -2.27. The molecule has 7 heteroatoms. The third-order valence-corrected chi connectivity index (χ3v) is 3.38. The first-order chi connectivity index (χ1) is 9.04. The fourth-order valence-electron chi connectivity index (χ4n) is 2.32. The number of nitrogens with one attached hydrogen (secondary N) is 1. The van der Waals surface area contributed by atoms with Gasteiger partial charge in [0.1, 0.15) is 0 Å². The predicted molar refractivity (Wildman–Crippen MR) is 62.8 cm³/mol. The third kappa shape index (κ3) is 2.42. The van der Waals surface area contributed by atoms with Crippen molar-refractivity contribution in [2.75, 3.05) is 13.1 Å². The lowest BCUT2D eigenvalue weighted by atomic mass is 9.98. The number of hydrogen-bond acceptors (Lipinski definition) is 3. The summed E-state index contributed by atoms with van der Waals surface area (Å²) in [5.74, 6) is 0.872. The Morgan fingerprint density at radius 3 is 2.63 bits per heavy atom. The maximum absolute atomic E-state index is 12.6. The zero-order valence-corrected chi connectivity index (χ0v) is 10.1. The first-order valence-corrected chi connectivity index (χ1v) is 6.18. The van der Waals surface area contributed by atoms with E-state index in [1.165, 1.54) is 10.6 Å². The van der Waals surface area contributed by atoms with Crippen molar-refractivity contribution in [2.45, 2.75) is 24.9 Å². The topological polar surface area (TPSA) is 42.2 Å². The molecule has 2 aromatic rings. The van der Waals surface area contributed by atoms with Crippen LogP contribution >= 0.6 is 0 Å². The van der Waals surface area contributed by atoms with Gasteiger partial charge in [-0.25, -0.2) is 9.50 Å². The van der Waals surface area contributed by atoms with Gasteiger partial charge in [0.2, 0.25) is 0 Å². The first kappa shape index (κ1) is 12.4. The van der Waals surface area contributed by atoms with Crippen molar-refractivity contribution in [3.8, 4) is 0 Å². The molecular formula is C12H13F3N4. The van der Waals surface area contributed by atoms with Gasteiger partial charge in [-0.2, -0.15) is 18.3 Å². The Bertz CT molecular complexity index is 584. The van der Waals surface area contributed by atoms with Gasteiger partial charge in [-0.05, 0) is 38.1 Å². The van der Waals surface area contributed by atoms with Crippen LogP contribution in [0, 0.1) is 0 Å². The molecule has 102 valence electrons. The molecule has 1 fully saturated rings. The molecule has 0 spiro atoms. The van der Waals surface area contributed by atoms with Crippen molar-refractivity contribution in [1.82, 2.24) is 19.9 Å². The van der Waals surface area contributed by atoms with Gasteiger partial charge >= 0.3 is 6.18 Å². The highest BCUT2D eigenvalue weighted by atomic mass is 19.4. The van der Waals surface area contributed by atoms with Crippen LogP contribution in [0.25, 0.3) is 5.65 Å². The van der Waals surface area contributed by atoms with E-state index in [1.54, 1.807) is 0 Å². The van der Waals surface area contributed by atoms with Crippen molar-refractivity contribution < 1.29 is 13.2 Å². The molecule has 3 rings (SSSR count). The lowest BCUT2D eigenvalue weighted by molar-refractivity contribution is -0.137. The second-order valence-electron chi connectivity index (χ2n) is 4.71. The first-order valence-electron chi connectivity index (χ1n) is 6.18. The van der Waals surface area contributed by atoms with Crippen LogP contribution in [0.15, 0.2) is 18.3 Å². The minimum absolute atomic E-state index is 0.232. The standard InChI is InChI=1S/C12H13F3N4/c13-12(14,15)9-1-2-10-17-11(18-19(10)7-9)8-3-5-16-6-4-8/h1-2,7-8,16H,3-6H2. The van der Waals surface area contributed by atoms with Crippen LogP contribution in [-0.2, 0) is 6.18 Å². The molecule has 0 bridgehead atoms. The number of rotatable bonds is 1. The SMILES string of the molecule is FC(F)(F)c1ccc2nc(C3CCNCC3)nn2c1. The molecule has 0 radical (unpaired) electrons. The highest BCUT2D eigenvalue weighted by Gasteiger charge is 2.31. The largest absolute Gasteiger partial charge is 0.417 e. The van der Waals surface area contributed by atoms with Gasteiger partial charge < -0.3 is 5.32 Å². The van der Waals surface area contributed by atoms with Gasteiger partial charge in [0, 0.05) is 12.1 Å². The summed E-state index contributed by atoms with van der Waals surface area (Å²) >= 11 is 0. The Labute approximate surface area is 107 Å². The quantitative estimate of drug-likeness (QED) is 0.864. The molecule has 1 N–H and O–H groups in total. The minimum atomic E-state index is -4.35. The highest BCUT2D eigenvalue weighted by Crippen LogP contribution is 2.29. The van der Waals surface area contributed by atoms with Gasteiger partial charge in [-0.1, -0.05) is 0 Å². The second kappa shape index (κ2) is 4.48. The normalized spacial score (nSPS) is 18.1. The van der Waals surface area contributed by atoms with E-state index in [4.69, 9.17) is 0 Å². The number of alkyl halides is 3. The van der Waals surface area contributed by atoms with E-state index in [-0.39, 0.29) is 5.92 Å². The van der Waals surface area contributed by atoms with Crippen LogP contribution in [0.4, 0.5) is 13.2 Å². The third-order valence-electron chi connectivity index (χ3n) is 3.38. The van der Waals surface area contributed by atoms with Crippen molar-refractivity contribution in [3.05, 3.63) is 29.7 Å². The molecule has 2 aromatic heterocycles. The summed E-state index contributed by atoms with van der Waals surface area (Å²) < 4.78 is 39.0. The van der Waals surface area contributed by atoms with Gasteiger partial charge in [0.05, 0.1) is 5.56 Å². The molecule has 1 aliphatic heterocycles. The molecule has 3 heterocycles. The summed E-state index contributed by atoms with van der Waals surface area (Å²) in [5.41, 5.74) is -0.247. The number of piperidine rings is 1. The molecule has 0 unspecified atom stereocenters. The summed E-state index contributed by atoms with van der Waals surface area (Å²) in [6.07, 6.45) is -1.52. The van der Waals surface area contributed by atoms with Crippen LogP contribution in [0.3, 0.4) is 0 Å². The zero-order chi connectivity index (χ0) is 13.5. The number of aromatic nitrogens is 3. The molecule has 0 aromatic carbocycles. The van der Waals surface area contributed by atoms with Crippen LogP contribution in [0.1, 0.15) is 30.1 Å². The van der Waals surface area contributed by atoms with Crippen LogP contribution in [-0.4, -0.2) is 27.7 Å². The Hall–Kier alpha value is -1.63. The number of nitrogens with zero attached hydrogens (tertiary/aromatic N) is 3. The van der Waals surface area contributed by atoms with E-state index < -0.39 is 11.7 Å². The Morgan fingerprint density at radius 1 is 1.21 bits per heavy atom. The molecule has 1 aliphatic rings. The smallest absolute Gasteiger partial charge is 0.317 e. The van der Waals surface area contributed by atoms with Crippen molar-refractivity contribution in [2.24, 2.45) is 0 Å². The second-order valence-corrected chi connectivity index (χ2v) is 4.71. The van der Waals surface area contributed by atoms with E-state index in [0.717, 1.165) is 38.2 Å². The maximum Gasteiger partial charge on any atom is 0.417 e. The molecule has 0 amide bonds. The Kier molecular flexibility index (Phi) is 2.93. The fraction of sp³-hybridized carbons (Fsp3) is 0.500. The van der Waals surface area contributed by atoms with Crippen LogP contribution < -0.4 is 5.32 Å². The van der Waals surface area contributed by atoms with Crippen LogP contribution in [0.5, 0.6) is 0 Å². The average Bonchev–Trinajstić information content (AvgIpc) is 2.81. The number of halogens is 3. The Balaban J connectivity index is 1.96. The van der Waals surface area contributed by atoms with Gasteiger partial charge in [-0.15, -0.1) is 0 Å². The van der Waals surface area contributed by atoms with E-state index in [2.05, 4.69) is 15.4 Å². The molecule has 1 saturated heterocycles. The number of fused-ring (bicyclic) bond motifs is 1. The highest BCUT2D eigenvalue weighted by molar-refractivity contribution is 5.39. The fourth-order valence-corrected chi connectivity index (χ4v) is 2.32. The van der Waals surface area contributed by atoms with E-state index in [1.807, 2.05) is 0 Å². The maximum atomic E-state index is 12.6. The zero-order valence-electron chi connectivity index (χ0n) is 10.1. The van der Waals surface area contributed by atoms with E-state index >= 15 is 0 Å². The number of pyridine rings is 1. The van der Waals surface area contributed by atoms with Crippen molar-refractivity contribution in [3.63, 3.8) is 0 Å². The minimum Gasteiger partial charge on any atom is -0.317 e. The molecule has 19 heavy (non-hydrogen) atoms.